The van der Waals surface area contributed by atoms with Crippen LogP contribution in [0.25, 0.3) is 0 Å². The molecule has 0 radical (unpaired) electrons. The third-order valence-electron chi connectivity index (χ3n) is 3.59. The molecule has 130 valence electrons. The molecule has 0 fully saturated rings. The molecule has 1 aromatic heterocycles. The van der Waals surface area contributed by atoms with Crippen LogP contribution in [-0.2, 0) is 11.3 Å². The molecule has 2 aromatic rings. The SMILES string of the molecule is CCNC(=NCC(OC)c1cccc(Cl)c1)NCCn1cccc1. The van der Waals surface area contributed by atoms with Crippen molar-refractivity contribution in [1.82, 2.24) is 15.2 Å². The van der Waals surface area contributed by atoms with Gasteiger partial charge in [0.15, 0.2) is 5.96 Å². The molecule has 0 amide bonds. The van der Waals surface area contributed by atoms with Crippen molar-refractivity contribution < 1.29 is 4.74 Å². The van der Waals surface area contributed by atoms with Gasteiger partial charge in [0.1, 0.15) is 6.10 Å². The van der Waals surface area contributed by atoms with Crippen molar-refractivity contribution in [2.45, 2.75) is 19.6 Å². The van der Waals surface area contributed by atoms with E-state index in [0.717, 1.165) is 31.2 Å². The maximum Gasteiger partial charge on any atom is 0.191 e. The summed E-state index contributed by atoms with van der Waals surface area (Å²) in [5.41, 5.74) is 1.02. The summed E-state index contributed by atoms with van der Waals surface area (Å²) in [7, 11) is 1.69. The zero-order valence-electron chi connectivity index (χ0n) is 14.2. The Morgan fingerprint density at radius 2 is 2.04 bits per heavy atom. The van der Waals surface area contributed by atoms with Gasteiger partial charge in [0.2, 0.25) is 0 Å². The molecule has 24 heavy (non-hydrogen) atoms. The molecule has 0 bridgehead atoms. The third-order valence-corrected chi connectivity index (χ3v) is 3.83. The second kappa shape index (κ2) is 10.0. The first-order valence-electron chi connectivity index (χ1n) is 8.14. The molecular weight excluding hydrogens is 324 g/mol. The lowest BCUT2D eigenvalue weighted by atomic mass is 10.1. The summed E-state index contributed by atoms with van der Waals surface area (Å²) in [6.45, 7) is 5.07. The lowest BCUT2D eigenvalue weighted by molar-refractivity contribution is 0.111. The highest BCUT2D eigenvalue weighted by Crippen LogP contribution is 2.20. The van der Waals surface area contributed by atoms with Gasteiger partial charge in [-0.2, -0.15) is 0 Å². The van der Waals surface area contributed by atoms with Gasteiger partial charge >= 0.3 is 0 Å². The number of nitrogens with one attached hydrogen (secondary N) is 2. The summed E-state index contributed by atoms with van der Waals surface area (Å²) in [6.07, 6.45) is 3.97. The highest BCUT2D eigenvalue weighted by atomic mass is 35.5. The predicted molar refractivity (Wildman–Crippen MR) is 99.6 cm³/mol. The van der Waals surface area contributed by atoms with Crippen molar-refractivity contribution in [3.63, 3.8) is 0 Å². The van der Waals surface area contributed by atoms with Gasteiger partial charge in [-0.15, -0.1) is 0 Å². The molecule has 2 rings (SSSR count). The average molecular weight is 349 g/mol. The Bertz CT molecular complexity index is 628. The van der Waals surface area contributed by atoms with Crippen LogP contribution in [0.3, 0.4) is 0 Å². The number of hydrogen-bond acceptors (Lipinski definition) is 2. The summed E-state index contributed by atoms with van der Waals surface area (Å²) in [4.78, 5) is 4.63. The van der Waals surface area contributed by atoms with Gasteiger partial charge in [-0.05, 0) is 36.8 Å². The molecule has 0 aliphatic carbocycles. The highest BCUT2D eigenvalue weighted by Gasteiger charge is 2.10. The van der Waals surface area contributed by atoms with Gasteiger partial charge in [-0.3, -0.25) is 4.99 Å². The second-order valence-corrected chi connectivity index (χ2v) is 5.78. The van der Waals surface area contributed by atoms with Crippen LogP contribution in [-0.4, -0.2) is 37.3 Å². The van der Waals surface area contributed by atoms with Crippen molar-refractivity contribution in [3.05, 3.63) is 59.4 Å². The van der Waals surface area contributed by atoms with Gasteiger partial charge in [0.05, 0.1) is 6.54 Å². The van der Waals surface area contributed by atoms with Crippen LogP contribution in [0.1, 0.15) is 18.6 Å². The fourth-order valence-corrected chi connectivity index (χ4v) is 2.56. The smallest absolute Gasteiger partial charge is 0.191 e. The summed E-state index contributed by atoms with van der Waals surface area (Å²) in [6, 6.07) is 11.7. The van der Waals surface area contributed by atoms with E-state index >= 15 is 0 Å². The first kappa shape index (κ1) is 18.4. The zero-order chi connectivity index (χ0) is 17.2. The van der Waals surface area contributed by atoms with Crippen molar-refractivity contribution in [1.29, 1.82) is 0 Å². The van der Waals surface area contributed by atoms with E-state index in [1.54, 1.807) is 7.11 Å². The Balaban J connectivity index is 1.92. The first-order chi connectivity index (χ1) is 11.7. The zero-order valence-corrected chi connectivity index (χ0v) is 15.0. The Kier molecular flexibility index (Phi) is 7.65. The van der Waals surface area contributed by atoms with Gasteiger partial charge < -0.3 is 19.9 Å². The van der Waals surface area contributed by atoms with Gasteiger partial charge in [0, 0.05) is 44.2 Å². The average Bonchev–Trinajstić information content (AvgIpc) is 3.09. The maximum absolute atomic E-state index is 6.06. The van der Waals surface area contributed by atoms with Crippen molar-refractivity contribution in [2.75, 3.05) is 26.7 Å². The third kappa shape index (κ3) is 5.91. The molecule has 0 aliphatic heterocycles. The number of halogens is 1. The van der Waals surface area contributed by atoms with Crippen LogP contribution in [0.15, 0.2) is 53.8 Å². The van der Waals surface area contributed by atoms with Crippen molar-refractivity contribution in [2.24, 2.45) is 4.99 Å². The number of aliphatic imine (C=N–C) groups is 1. The maximum atomic E-state index is 6.06. The topological polar surface area (TPSA) is 50.6 Å². The molecule has 1 heterocycles. The van der Waals surface area contributed by atoms with Crippen LogP contribution in [0, 0.1) is 0 Å². The Morgan fingerprint density at radius 3 is 2.71 bits per heavy atom. The van der Waals surface area contributed by atoms with E-state index in [1.165, 1.54) is 0 Å². The molecule has 6 heteroatoms. The molecule has 0 saturated heterocycles. The standard InChI is InChI=1S/C18H25ClN4O/c1-3-20-18(21-9-12-23-10-4-5-11-23)22-14-17(24-2)15-7-6-8-16(19)13-15/h4-8,10-11,13,17H,3,9,12,14H2,1-2H3,(H2,20,21,22). The minimum Gasteiger partial charge on any atom is -0.375 e. The molecule has 0 aliphatic rings. The summed E-state index contributed by atoms with van der Waals surface area (Å²) in [5, 5.41) is 7.29. The van der Waals surface area contributed by atoms with Crippen molar-refractivity contribution >= 4 is 17.6 Å². The van der Waals surface area contributed by atoms with E-state index in [2.05, 4.69) is 20.2 Å². The fourth-order valence-electron chi connectivity index (χ4n) is 2.36. The first-order valence-corrected chi connectivity index (χ1v) is 8.52. The van der Waals surface area contributed by atoms with Crippen LogP contribution in [0.5, 0.6) is 0 Å². The summed E-state index contributed by atoms with van der Waals surface area (Å²) < 4.78 is 7.68. The van der Waals surface area contributed by atoms with Crippen molar-refractivity contribution in [3.8, 4) is 0 Å². The number of hydrogen-bond donors (Lipinski definition) is 2. The summed E-state index contributed by atoms with van der Waals surface area (Å²) in [5.74, 6) is 0.786. The number of rotatable bonds is 8. The largest absolute Gasteiger partial charge is 0.375 e. The lowest BCUT2D eigenvalue weighted by Gasteiger charge is -2.16. The molecule has 5 nitrogen and oxygen atoms in total. The minimum atomic E-state index is -0.122. The van der Waals surface area contributed by atoms with Crippen LogP contribution in [0.4, 0.5) is 0 Å². The quantitative estimate of drug-likeness (QED) is 0.569. The minimum absolute atomic E-state index is 0.122. The number of benzene rings is 1. The van der Waals surface area contributed by atoms with E-state index in [-0.39, 0.29) is 6.10 Å². The Hall–Kier alpha value is -1.98. The molecule has 0 saturated carbocycles. The summed E-state index contributed by atoms with van der Waals surface area (Å²) >= 11 is 6.06. The Labute approximate surface area is 148 Å². The lowest BCUT2D eigenvalue weighted by Crippen LogP contribution is -2.39. The van der Waals surface area contributed by atoms with Crippen LogP contribution >= 0.6 is 11.6 Å². The molecule has 1 aromatic carbocycles. The van der Waals surface area contributed by atoms with E-state index in [4.69, 9.17) is 16.3 Å². The van der Waals surface area contributed by atoms with Gasteiger partial charge in [-0.25, -0.2) is 0 Å². The van der Waals surface area contributed by atoms with E-state index < -0.39 is 0 Å². The van der Waals surface area contributed by atoms with E-state index in [0.29, 0.717) is 11.6 Å². The predicted octanol–water partition coefficient (Wildman–Crippen LogP) is 3.08. The number of aromatic nitrogens is 1. The number of nitrogens with zero attached hydrogens (tertiary/aromatic N) is 2. The normalized spacial score (nSPS) is 12.9. The fraction of sp³-hybridized carbons (Fsp3) is 0.389. The molecule has 2 N–H and O–H groups in total. The second-order valence-electron chi connectivity index (χ2n) is 5.35. The van der Waals surface area contributed by atoms with Gasteiger partial charge in [0.25, 0.3) is 0 Å². The molecule has 1 unspecified atom stereocenters. The number of ether oxygens (including phenoxy) is 1. The Morgan fingerprint density at radius 1 is 1.25 bits per heavy atom. The number of guanidine groups is 1. The van der Waals surface area contributed by atoms with Gasteiger partial charge in [-0.1, -0.05) is 23.7 Å². The van der Waals surface area contributed by atoms with Crippen LogP contribution < -0.4 is 10.6 Å². The van der Waals surface area contributed by atoms with E-state index in [9.17, 15) is 0 Å². The molecule has 1 atom stereocenters. The highest BCUT2D eigenvalue weighted by molar-refractivity contribution is 6.30. The monoisotopic (exact) mass is 348 g/mol. The molecule has 0 spiro atoms. The van der Waals surface area contributed by atoms with E-state index in [1.807, 2.05) is 55.7 Å². The molecular formula is C18H25ClN4O. The van der Waals surface area contributed by atoms with Crippen LogP contribution in [0.2, 0.25) is 5.02 Å². The number of methoxy groups -OCH3 is 1.